The molecule has 0 spiro atoms. The molecule has 0 aliphatic carbocycles. The summed E-state index contributed by atoms with van der Waals surface area (Å²) in [7, 11) is 0. The molecule has 1 saturated heterocycles. The molecule has 0 atom stereocenters. The van der Waals surface area contributed by atoms with Crippen LogP contribution in [-0.4, -0.2) is 22.5 Å². The van der Waals surface area contributed by atoms with E-state index in [-0.39, 0.29) is 5.91 Å². The number of β-lactam (4-membered cyclic amide) rings is 1. The zero-order valence-corrected chi connectivity index (χ0v) is 3.79. The highest BCUT2D eigenvalue weighted by atomic mass is 16.3. The Bertz CT molecular complexity index is 89.7. The van der Waals surface area contributed by atoms with Crippen molar-refractivity contribution >= 4 is 5.91 Å². The largest absolute Gasteiger partial charge is 0.369 e. The van der Waals surface area contributed by atoms with Gasteiger partial charge in [0.25, 0.3) is 0 Å². The molecule has 0 aromatic heterocycles. The first-order valence-electron chi connectivity index (χ1n) is 2.11. The lowest BCUT2D eigenvalue weighted by atomic mass is 10.2. The van der Waals surface area contributed by atoms with Gasteiger partial charge in [-0.25, -0.2) is 0 Å². The van der Waals surface area contributed by atoms with Crippen molar-refractivity contribution in [2.75, 3.05) is 6.54 Å². The molecule has 3 heteroatoms. The summed E-state index contributed by atoms with van der Waals surface area (Å²) in [5.41, 5.74) is 0. The fraction of sp³-hybridized carbons (Fsp3) is 0.500. The van der Waals surface area contributed by atoms with Crippen LogP contribution in [0.2, 0.25) is 0 Å². The van der Waals surface area contributed by atoms with E-state index in [9.17, 15) is 4.79 Å². The zero-order valence-electron chi connectivity index (χ0n) is 3.79. The van der Waals surface area contributed by atoms with Crippen molar-refractivity contribution in [3.05, 3.63) is 6.73 Å². The smallest absolute Gasteiger partial charge is 0.226 e. The number of nitrogens with zero attached hydrogens (tertiary/aromatic N) is 1. The Hall–Kier alpha value is -0.570. The van der Waals surface area contributed by atoms with Gasteiger partial charge in [0.15, 0.2) is 6.73 Å². The summed E-state index contributed by atoms with van der Waals surface area (Å²) < 4.78 is 0. The maximum absolute atomic E-state index is 10.2. The molecule has 0 aromatic rings. The third-order valence-electron chi connectivity index (χ3n) is 1.03. The molecule has 1 radical (unpaired) electrons. The second-order valence-corrected chi connectivity index (χ2v) is 1.45. The molecule has 1 amide bonds. The predicted octanol–water partition coefficient (Wildman–Crippen LogP) is -0.290. The number of hydrogen-bond donors (Lipinski definition) is 1. The van der Waals surface area contributed by atoms with Crippen LogP contribution in [0, 0.1) is 6.73 Å². The first kappa shape index (κ1) is 4.59. The van der Waals surface area contributed by atoms with Crippen molar-refractivity contribution in [3.63, 3.8) is 0 Å². The number of carbonyl (C=O) groups excluding carboxylic acids is 1. The molecule has 39 valence electrons. The van der Waals surface area contributed by atoms with Crippen molar-refractivity contribution in [1.82, 2.24) is 4.90 Å². The summed E-state index contributed by atoms with van der Waals surface area (Å²) >= 11 is 0. The molecular formula is C4H6NO2. The van der Waals surface area contributed by atoms with Crippen LogP contribution >= 0.6 is 0 Å². The summed E-state index contributed by atoms with van der Waals surface area (Å²) in [6.45, 7) is 1.49. The van der Waals surface area contributed by atoms with Gasteiger partial charge in [0.2, 0.25) is 5.91 Å². The second kappa shape index (κ2) is 1.50. The molecule has 1 rings (SSSR count). The summed E-state index contributed by atoms with van der Waals surface area (Å²) in [5, 5.41) is 8.14. The molecule has 1 fully saturated rings. The fourth-order valence-corrected chi connectivity index (χ4v) is 0.454. The van der Waals surface area contributed by atoms with Crippen molar-refractivity contribution in [3.8, 4) is 0 Å². The lowest BCUT2D eigenvalue weighted by Gasteiger charge is -2.26. The number of aliphatic hydroxyl groups excluding tert-OH is 1. The van der Waals surface area contributed by atoms with Crippen LogP contribution in [0.25, 0.3) is 0 Å². The zero-order chi connectivity index (χ0) is 5.28. The minimum Gasteiger partial charge on any atom is -0.369 e. The number of carbonyl (C=O) groups is 1. The minimum atomic E-state index is 0.00231. The monoisotopic (exact) mass is 100 g/mol. The van der Waals surface area contributed by atoms with Gasteiger partial charge in [-0.1, -0.05) is 0 Å². The van der Waals surface area contributed by atoms with Crippen LogP contribution in [-0.2, 0) is 4.79 Å². The topological polar surface area (TPSA) is 40.5 Å². The lowest BCUT2D eigenvalue weighted by molar-refractivity contribution is -0.140. The number of aliphatic hydroxyl groups is 1. The second-order valence-electron chi connectivity index (χ2n) is 1.45. The average molecular weight is 100 g/mol. The van der Waals surface area contributed by atoms with E-state index >= 15 is 0 Å². The first-order chi connectivity index (χ1) is 3.34. The van der Waals surface area contributed by atoms with Gasteiger partial charge >= 0.3 is 0 Å². The van der Waals surface area contributed by atoms with E-state index < -0.39 is 0 Å². The van der Waals surface area contributed by atoms with Gasteiger partial charge in [0, 0.05) is 13.0 Å². The Kier molecular flexibility index (Phi) is 0.982. The van der Waals surface area contributed by atoms with Gasteiger partial charge in [0.05, 0.1) is 0 Å². The highest BCUT2D eigenvalue weighted by molar-refractivity contribution is 5.82. The molecule has 3 nitrogen and oxygen atoms in total. The van der Waals surface area contributed by atoms with Gasteiger partial charge in [-0.3, -0.25) is 4.79 Å². The van der Waals surface area contributed by atoms with Crippen molar-refractivity contribution < 1.29 is 9.90 Å². The SMILES string of the molecule is O=C1CCN1[CH]O. The maximum atomic E-state index is 10.2. The van der Waals surface area contributed by atoms with Gasteiger partial charge < -0.3 is 10.0 Å². The molecule has 1 aliphatic heterocycles. The van der Waals surface area contributed by atoms with Crippen LogP contribution in [0.5, 0.6) is 0 Å². The summed E-state index contributed by atoms with van der Waals surface area (Å²) in [6, 6.07) is 0. The molecule has 0 bridgehead atoms. The van der Waals surface area contributed by atoms with Crippen LogP contribution in [0.4, 0.5) is 0 Å². The Labute approximate surface area is 41.5 Å². The maximum Gasteiger partial charge on any atom is 0.226 e. The summed E-state index contributed by atoms with van der Waals surface area (Å²) in [4.78, 5) is 11.5. The van der Waals surface area contributed by atoms with E-state index in [0.717, 1.165) is 6.73 Å². The van der Waals surface area contributed by atoms with Crippen molar-refractivity contribution in [2.24, 2.45) is 0 Å². The standard InChI is InChI=1S/C4H6NO2/c6-3-5-2-1-4(5)7/h3,6H,1-2H2. The van der Waals surface area contributed by atoms with Crippen LogP contribution < -0.4 is 0 Å². The average Bonchev–Trinajstić information content (AvgIpc) is 1.65. The van der Waals surface area contributed by atoms with E-state index in [1.165, 1.54) is 4.90 Å². The fourth-order valence-electron chi connectivity index (χ4n) is 0.454. The molecule has 0 aromatic carbocycles. The highest BCUT2D eigenvalue weighted by Gasteiger charge is 2.22. The number of amides is 1. The van der Waals surface area contributed by atoms with Crippen LogP contribution in [0.3, 0.4) is 0 Å². The first-order valence-corrected chi connectivity index (χ1v) is 2.11. The number of hydrogen-bond acceptors (Lipinski definition) is 2. The van der Waals surface area contributed by atoms with E-state index in [1.807, 2.05) is 0 Å². The Morgan fingerprint density at radius 2 is 2.57 bits per heavy atom. The minimum absolute atomic E-state index is 0.00231. The lowest BCUT2D eigenvalue weighted by Crippen LogP contribution is -2.40. The summed E-state index contributed by atoms with van der Waals surface area (Å²) in [5.74, 6) is 0.00231. The molecular weight excluding hydrogens is 94.0 g/mol. The highest BCUT2D eigenvalue weighted by Crippen LogP contribution is 2.07. The van der Waals surface area contributed by atoms with Crippen LogP contribution in [0.1, 0.15) is 6.42 Å². The van der Waals surface area contributed by atoms with Gasteiger partial charge in [-0.05, 0) is 0 Å². The normalized spacial score (nSPS) is 19.6. The van der Waals surface area contributed by atoms with Gasteiger partial charge in [0.1, 0.15) is 0 Å². The third kappa shape index (κ3) is 0.587. The predicted molar refractivity (Wildman–Crippen MR) is 22.6 cm³/mol. The van der Waals surface area contributed by atoms with Gasteiger partial charge in [-0.15, -0.1) is 0 Å². The van der Waals surface area contributed by atoms with Gasteiger partial charge in [-0.2, -0.15) is 0 Å². The molecule has 1 heterocycles. The number of rotatable bonds is 1. The van der Waals surface area contributed by atoms with E-state index in [0.29, 0.717) is 13.0 Å². The molecule has 1 N–H and O–H groups in total. The van der Waals surface area contributed by atoms with E-state index in [1.54, 1.807) is 0 Å². The van der Waals surface area contributed by atoms with Crippen LogP contribution in [0.15, 0.2) is 0 Å². The molecule has 1 aliphatic rings. The summed E-state index contributed by atoms with van der Waals surface area (Å²) in [6.07, 6.45) is 0.580. The van der Waals surface area contributed by atoms with Crippen molar-refractivity contribution in [1.29, 1.82) is 0 Å². The van der Waals surface area contributed by atoms with E-state index in [2.05, 4.69) is 0 Å². The Morgan fingerprint density at radius 3 is 2.57 bits per heavy atom. The number of likely N-dealkylation sites (tertiary alicyclic amines) is 1. The quantitative estimate of drug-likeness (QED) is 0.460. The Morgan fingerprint density at radius 1 is 1.86 bits per heavy atom. The molecule has 7 heavy (non-hydrogen) atoms. The molecule has 0 saturated carbocycles. The molecule has 0 unspecified atom stereocenters. The Balaban J connectivity index is 2.29. The van der Waals surface area contributed by atoms with Crippen molar-refractivity contribution in [2.45, 2.75) is 6.42 Å². The van der Waals surface area contributed by atoms with E-state index in [4.69, 9.17) is 5.11 Å². The third-order valence-corrected chi connectivity index (χ3v) is 1.03.